The Labute approximate surface area is 182 Å². The second-order valence-corrected chi connectivity index (χ2v) is 8.93. The molecule has 2 aromatic rings. The normalized spacial score (nSPS) is 16.0. The van der Waals surface area contributed by atoms with Gasteiger partial charge in [-0.3, -0.25) is 4.79 Å². The fraction of sp³-hybridized carbons (Fsp3) is 0.409. The van der Waals surface area contributed by atoms with Gasteiger partial charge in [0.1, 0.15) is 17.2 Å². The van der Waals surface area contributed by atoms with Crippen LogP contribution in [0.3, 0.4) is 0 Å². The molecule has 0 aromatic heterocycles. The van der Waals surface area contributed by atoms with Gasteiger partial charge in [0.05, 0.1) is 26.6 Å². The van der Waals surface area contributed by atoms with Gasteiger partial charge in [0, 0.05) is 31.3 Å². The zero-order chi connectivity index (χ0) is 22.4. The van der Waals surface area contributed by atoms with E-state index in [9.17, 15) is 13.2 Å². The molecule has 1 atom stereocenters. The summed E-state index contributed by atoms with van der Waals surface area (Å²) in [6, 6.07) is 11.7. The van der Waals surface area contributed by atoms with Gasteiger partial charge >= 0.3 is 10.1 Å². The van der Waals surface area contributed by atoms with E-state index in [0.717, 1.165) is 24.7 Å². The molecule has 1 unspecified atom stereocenters. The summed E-state index contributed by atoms with van der Waals surface area (Å²) in [6.07, 6.45) is 2.83. The number of methoxy groups -OCH3 is 2. The largest absolute Gasteiger partial charge is 0.497 e. The van der Waals surface area contributed by atoms with Crippen molar-refractivity contribution in [3.05, 3.63) is 53.6 Å². The summed E-state index contributed by atoms with van der Waals surface area (Å²) in [6.45, 7) is 1.47. The van der Waals surface area contributed by atoms with Crippen LogP contribution in [0.25, 0.3) is 0 Å². The third-order valence-corrected chi connectivity index (χ3v) is 5.37. The van der Waals surface area contributed by atoms with Crippen molar-refractivity contribution >= 4 is 16.0 Å². The third kappa shape index (κ3) is 6.60. The first kappa shape index (κ1) is 22.9. The summed E-state index contributed by atoms with van der Waals surface area (Å²) in [7, 11) is -0.526. The predicted octanol–water partition coefficient (Wildman–Crippen LogP) is 2.86. The number of hydrogen-bond donors (Lipinski definition) is 0. The Balaban J connectivity index is 1.83. The van der Waals surface area contributed by atoms with Crippen LogP contribution in [0.15, 0.2) is 42.5 Å². The molecule has 2 aromatic carbocycles. The Hall–Kier alpha value is -2.78. The zero-order valence-electron chi connectivity index (χ0n) is 17.9. The topological polar surface area (TPSA) is 91.4 Å². The molecule has 8 nitrogen and oxygen atoms in total. The van der Waals surface area contributed by atoms with E-state index in [1.807, 2.05) is 0 Å². The second kappa shape index (κ2) is 10.0. The lowest BCUT2D eigenvalue weighted by Crippen LogP contribution is -2.37. The number of carbonyl (C=O) groups is 1. The molecule has 0 aliphatic carbocycles. The summed E-state index contributed by atoms with van der Waals surface area (Å²) in [5, 5.41) is 0. The summed E-state index contributed by atoms with van der Waals surface area (Å²) in [5.41, 5.74) is 1.29. The molecule has 0 bridgehead atoms. The summed E-state index contributed by atoms with van der Waals surface area (Å²) in [5.74, 6) is 1.11. The van der Waals surface area contributed by atoms with E-state index in [2.05, 4.69) is 0 Å². The van der Waals surface area contributed by atoms with Crippen molar-refractivity contribution in [3.8, 4) is 17.2 Å². The van der Waals surface area contributed by atoms with E-state index in [0.29, 0.717) is 36.8 Å². The molecule has 31 heavy (non-hydrogen) atoms. The van der Waals surface area contributed by atoms with Gasteiger partial charge in [-0.25, -0.2) is 0 Å². The Morgan fingerprint density at radius 3 is 2.23 bits per heavy atom. The first-order valence-corrected chi connectivity index (χ1v) is 11.7. The van der Waals surface area contributed by atoms with Crippen LogP contribution in [-0.2, 0) is 21.4 Å². The fourth-order valence-corrected chi connectivity index (χ4v) is 3.87. The minimum Gasteiger partial charge on any atom is -0.497 e. The molecular formula is C22H27NO7S. The molecule has 1 amide bonds. The second-order valence-electron chi connectivity index (χ2n) is 7.35. The quantitative estimate of drug-likeness (QED) is 0.544. The summed E-state index contributed by atoms with van der Waals surface area (Å²) >= 11 is 0. The fourth-order valence-electron chi connectivity index (χ4n) is 3.41. The van der Waals surface area contributed by atoms with Crippen LogP contribution in [0.2, 0.25) is 0 Å². The van der Waals surface area contributed by atoms with E-state index in [1.54, 1.807) is 47.4 Å². The highest BCUT2D eigenvalue weighted by Gasteiger charge is 2.24. The lowest BCUT2D eigenvalue weighted by molar-refractivity contribution is 0.0507. The van der Waals surface area contributed by atoms with Crippen LogP contribution in [-0.4, -0.2) is 59.0 Å². The van der Waals surface area contributed by atoms with E-state index in [4.69, 9.17) is 18.4 Å². The van der Waals surface area contributed by atoms with Crippen LogP contribution >= 0.6 is 0 Å². The number of ether oxygens (including phenoxy) is 3. The number of carbonyl (C=O) groups excluding carboxylic acids is 1. The zero-order valence-corrected chi connectivity index (χ0v) is 18.7. The number of nitrogens with zero attached hydrogens (tertiary/aromatic N) is 1. The Bertz CT molecular complexity index is 977. The number of rotatable bonds is 9. The average molecular weight is 450 g/mol. The van der Waals surface area contributed by atoms with Crippen LogP contribution in [0.1, 0.15) is 28.8 Å². The minimum absolute atomic E-state index is 0.0238. The molecule has 0 spiro atoms. The van der Waals surface area contributed by atoms with Gasteiger partial charge < -0.3 is 23.3 Å². The van der Waals surface area contributed by atoms with Gasteiger partial charge in [-0.1, -0.05) is 12.1 Å². The van der Waals surface area contributed by atoms with Crippen LogP contribution in [0.4, 0.5) is 0 Å². The van der Waals surface area contributed by atoms with Crippen LogP contribution in [0, 0.1) is 0 Å². The maximum Gasteiger partial charge on any atom is 0.306 e. The SMILES string of the molecule is COc1cc(OC)cc(C(=O)N(Cc2ccc(OS(C)(=O)=O)cc2)CC2CCCO2)c1. The molecule has 168 valence electrons. The molecule has 9 heteroatoms. The maximum absolute atomic E-state index is 13.4. The van der Waals surface area contributed by atoms with Crippen molar-refractivity contribution in [2.75, 3.05) is 33.6 Å². The van der Waals surface area contributed by atoms with Gasteiger partial charge in [0.2, 0.25) is 0 Å². The molecular weight excluding hydrogens is 422 g/mol. The van der Waals surface area contributed by atoms with Crippen molar-refractivity contribution in [1.29, 1.82) is 0 Å². The highest BCUT2D eigenvalue weighted by molar-refractivity contribution is 7.86. The average Bonchev–Trinajstić information content (AvgIpc) is 3.25. The van der Waals surface area contributed by atoms with Crippen LogP contribution in [0.5, 0.6) is 17.2 Å². The van der Waals surface area contributed by atoms with Crippen molar-refractivity contribution < 1.29 is 31.6 Å². The first-order chi connectivity index (χ1) is 14.8. The van der Waals surface area contributed by atoms with Crippen molar-refractivity contribution in [1.82, 2.24) is 4.90 Å². The van der Waals surface area contributed by atoms with Crippen LogP contribution < -0.4 is 13.7 Å². The molecule has 1 saturated heterocycles. The van der Waals surface area contributed by atoms with Gasteiger partial charge in [0.15, 0.2) is 0 Å². The molecule has 1 heterocycles. The molecule has 3 rings (SSSR count). The predicted molar refractivity (Wildman–Crippen MR) is 115 cm³/mol. The lowest BCUT2D eigenvalue weighted by atomic mass is 10.1. The number of benzene rings is 2. The Morgan fingerprint density at radius 2 is 1.71 bits per heavy atom. The van der Waals surface area contributed by atoms with E-state index < -0.39 is 10.1 Å². The number of hydrogen-bond acceptors (Lipinski definition) is 7. The summed E-state index contributed by atoms with van der Waals surface area (Å²) in [4.78, 5) is 15.1. The van der Waals surface area contributed by atoms with Crippen molar-refractivity contribution in [2.45, 2.75) is 25.5 Å². The van der Waals surface area contributed by atoms with E-state index >= 15 is 0 Å². The van der Waals surface area contributed by atoms with Gasteiger partial charge in [-0.2, -0.15) is 8.42 Å². The van der Waals surface area contributed by atoms with E-state index in [1.165, 1.54) is 14.2 Å². The van der Waals surface area contributed by atoms with Crippen molar-refractivity contribution in [2.24, 2.45) is 0 Å². The highest BCUT2D eigenvalue weighted by atomic mass is 32.2. The van der Waals surface area contributed by atoms with E-state index in [-0.39, 0.29) is 17.8 Å². The third-order valence-electron chi connectivity index (χ3n) is 4.88. The standard InChI is InChI=1S/C22H27NO7S/c1-27-20-11-17(12-21(13-20)28-2)22(24)23(15-19-5-4-10-29-19)14-16-6-8-18(9-7-16)30-31(3,25)26/h6-9,11-13,19H,4-5,10,14-15H2,1-3H3. The molecule has 1 fully saturated rings. The van der Waals surface area contributed by atoms with Gasteiger partial charge in [-0.15, -0.1) is 0 Å². The molecule has 0 radical (unpaired) electrons. The minimum atomic E-state index is -3.60. The van der Waals surface area contributed by atoms with Gasteiger partial charge in [-0.05, 0) is 42.7 Å². The first-order valence-electron chi connectivity index (χ1n) is 9.90. The molecule has 1 aliphatic rings. The van der Waals surface area contributed by atoms with Crippen molar-refractivity contribution in [3.63, 3.8) is 0 Å². The molecule has 1 aliphatic heterocycles. The lowest BCUT2D eigenvalue weighted by Gasteiger charge is -2.26. The Kier molecular flexibility index (Phi) is 7.40. The monoisotopic (exact) mass is 449 g/mol. The molecule has 0 N–H and O–H groups in total. The van der Waals surface area contributed by atoms with Gasteiger partial charge in [0.25, 0.3) is 5.91 Å². The highest BCUT2D eigenvalue weighted by Crippen LogP contribution is 2.25. The molecule has 0 saturated carbocycles. The number of amides is 1. The Morgan fingerprint density at radius 1 is 1.06 bits per heavy atom. The summed E-state index contributed by atoms with van der Waals surface area (Å²) < 4.78 is 43.8. The smallest absolute Gasteiger partial charge is 0.306 e. The maximum atomic E-state index is 13.4.